The number of rotatable bonds is 7. The summed E-state index contributed by atoms with van der Waals surface area (Å²) in [6, 6.07) is 6.10. The number of aliphatic hydroxyl groups excluding tert-OH is 1. The van der Waals surface area contributed by atoms with Crippen molar-refractivity contribution in [3.63, 3.8) is 0 Å². The van der Waals surface area contributed by atoms with Crippen molar-refractivity contribution in [3.05, 3.63) is 24.3 Å². The minimum absolute atomic E-state index is 0.0905. The molecule has 0 aliphatic rings. The first-order valence-electron chi connectivity index (χ1n) is 6.29. The van der Waals surface area contributed by atoms with Crippen molar-refractivity contribution in [1.29, 1.82) is 0 Å². The Bertz CT molecular complexity index is 482. The Kier molecular flexibility index (Phi) is 5.78. The lowest BCUT2D eigenvalue weighted by Crippen LogP contribution is -2.38. The van der Waals surface area contributed by atoms with Crippen LogP contribution in [0.4, 0.5) is 0 Å². The Labute approximate surface area is 114 Å². The zero-order chi connectivity index (χ0) is 14.5. The van der Waals surface area contributed by atoms with Crippen molar-refractivity contribution in [3.8, 4) is 5.75 Å². The van der Waals surface area contributed by atoms with Gasteiger partial charge in [0.05, 0.1) is 18.1 Å². The minimum Gasteiger partial charge on any atom is -0.494 e. The highest BCUT2D eigenvalue weighted by Gasteiger charge is 2.26. The third-order valence-corrected chi connectivity index (χ3v) is 4.73. The van der Waals surface area contributed by atoms with Gasteiger partial charge in [0, 0.05) is 12.6 Å². The zero-order valence-corrected chi connectivity index (χ0v) is 12.4. The van der Waals surface area contributed by atoms with Gasteiger partial charge < -0.3 is 9.84 Å². The quantitative estimate of drug-likeness (QED) is 0.825. The number of aliphatic hydroxyl groups is 1. The predicted octanol–water partition coefficient (Wildman–Crippen LogP) is 1.48. The van der Waals surface area contributed by atoms with E-state index in [1.54, 1.807) is 26.0 Å². The van der Waals surface area contributed by atoms with Crippen LogP contribution in [0.15, 0.2) is 29.2 Å². The fourth-order valence-electron chi connectivity index (χ4n) is 1.76. The van der Waals surface area contributed by atoms with Crippen molar-refractivity contribution in [1.82, 2.24) is 4.31 Å². The fourth-order valence-corrected chi connectivity index (χ4v) is 3.39. The molecule has 1 aromatic rings. The van der Waals surface area contributed by atoms with Gasteiger partial charge in [-0.2, -0.15) is 4.31 Å². The van der Waals surface area contributed by atoms with Gasteiger partial charge in [0.2, 0.25) is 10.0 Å². The summed E-state index contributed by atoms with van der Waals surface area (Å²) in [7, 11) is -3.58. The average Bonchev–Trinajstić information content (AvgIpc) is 2.36. The second-order valence-corrected chi connectivity index (χ2v) is 6.23. The molecule has 0 atom stereocenters. The van der Waals surface area contributed by atoms with Gasteiger partial charge in [0.1, 0.15) is 5.75 Å². The van der Waals surface area contributed by atoms with Gasteiger partial charge in [-0.25, -0.2) is 8.42 Å². The van der Waals surface area contributed by atoms with Gasteiger partial charge in [-0.1, -0.05) is 0 Å². The molecule has 5 nitrogen and oxygen atoms in total. The molecule has 0 radical (unpaired) electrons. The second-order valence-electron chi connectivity index (χ2n) is 4.34. The summed E-state index contributed by atoms with van der Waals surface area (Å²) in [5.41, 5.74) is 0. The van der Waals surface area contributed by atoms with E-state index in [1.807, 2.05) is 6.92 Å². The Morgan fingerprint density at radius 3 is 2.26 bits per heavy atom. The van der Waals surface area contributed by atoms with Crippen molar-refractivity contribution < 1.29 is 18.3 Å². The molecule has 6 heteroatoms. The Balaban J connectivity index is 3.04. The smallest absolute Gasteiger partial charge is 0.243 e. The first-order chi connectivity index (χ1) is 8.93. The second kappa shape index (κ2) is 6.88. The molecule has 0 unspecified atom stereocenters. The van der Waals surface area contributed by atoms with E-state index in [4.69, 9.17) is 9.84 Å². The monoisotopic (exact) mass is 287 g/mol. The first-order valence-corrected chi connectivity index (χ1v) is 7.73. The van der Waals surface area contributed by atoms with E-state index in [1.165, 1.54) is 16.4 Å². The highest BCUT2D eigenvalue weighted by molar-refractivity contribution is 7.89. The van der Waals surface area contributed by atoms with Gasteiger partial charge in [0.15, 0.2) is 0 Å². The number of sulfonamides is 1. The normalized spacial score (nSPS) is 12.1. The zero-order valence-electron chi connectivity index (χ0n) is 11.5. The van der Waals surface area contributed by atoms with E-state index >= 15 is 0 Å². The number of benzene rings is 1. The lowest BCUT2D eigenvalue weighted by molar-refractivity contribution is 0.236. The van der Waals surface area contributed by atoms with E-state index in [0.29, 0.717) is 12.4 Å². The Morgan fingerprint density at radius 1 is 1.26 bits per heavy atom. The predicted molar refractivity (Wildman–Crippen MR) is 73.7 cm³/mol. The summed E-state index contributed by atoms with van der Waals surface area (Å²) in [4.78, 5) is 0.207. The molecule has 1 rings (SSSR count). The molecule has 19 heavy (non-hydrogen) atoms. The molecular weight excluding hydrogens is 266 g/mol. The highest BCUT2D eigenvalue weighted by Crippen LogP contribution is 2.21. The molecule has 0 saturated carbocycles. The average molecular weight is 287 g/mol. The standard InChI is InChI=1S/C13H21NO4S/c1-4-18-12-5-7-13(8-6-12)19(16,17)14(9-10-15)11(2)3/h5-8,11,15H,4,9-10H2,1-3H3. The molecule has 0 fully saturated rings. The van der Waals surface area contributed by atoms with Crippen LogP contribution in [0.1, 0.15) is 20.8 Å². The van der Waals surface area contributed by atoms with Crippen LogP contribution in [0.3, 0.4) is 0 Å². The number of hydrogen-bond acceptors (Lipinski definition) is 4. The van der Waals surface area contributed by atoms with Gasteiger partial charge in [-0.05, 0) is 45.0 Å². The summed E-state index contributed by atoms with van der Waals surface area (Å²) in [6.07, 6.45) is 0. The summed E-state index contributed by atoms with van der Waals surface area (Å²) >= 11 is 0. The van der Waals surface area contributed by atoms with Crippen molar-refractivity contribution in [2.24, 2.45) is 0 Å². The molecule has 0 spiro atoms. The van der Waals surface area contributed by atoms with Gasteiger partial charge >= 0.3 is 0 Å². The lowest BCUT2D eigenvalue weighted by Gasteiger charge is -2.25. The van der Waals surface area contributed by atoms with Crippen molar-refractivity contribution >= 4 is 10.0 Å². The van der Waals surface area contributed by atoms with E-state index in [2.05, 4.69) is 0 Å². The molecule has 0 saturated heterocycles. The summed E-state index contributed by atoms with van der Waals surface area (Å²) in [5.74, 6) is 0.639. The molecule has 1 aromatic carbocycles. The van der Waals surface area contributed by atoms with E-state index in [-0.39, 0.29) is 24.1 Å². The SMILES string of the molecule is CCOc1ccc(S(=O)(=O)N(CCO)C(C)C)cc1. The molecule has 0 aromatic heterocycles. The minimum atomic E-state index is -3.58. The third-order valence-electron chi connectivity index (χ3n) is 2.64. The Morgan fingerprint density at radius 2 is 1.84 bits per heavy atom. The molecule has 0 heterocycles. The maximum absolute atomic E-state index is 12.4. The van der Waals surface area contributed by atoms with Gasteiger partial charge in [-0.15, -0.1) is 0 Å². The van der Waals surface area contributed by atoms with Crippen LogP contribution in [0.2, 0.25) is 0 Å². The van der Waals surface area contributed by atoms with E-state index in [9.17, 15) is 8.42 Å². The first kappa shape index (κ1) is 15.9. The lowest BCUT2D eigenvalue weighted by atomic mass is 10.3. The van der Waals surface area contributed by atoms with Crippen LogP contribution in [0.5, 0.6) is 5.75 Å². The topological polar surface area (TPSA) is 66.8 Å². The molecule has 108 valence electrons. The van der Waals surface area contributed by atoms with Crippen molar-refractivity contribution in [2.45, 2.75) is 31.7 Å². The van der Waals surface area contributed by atoms with Gasteiger partial charge in [-0.3, -0.25) is 0 Å². The maximum Gasteiger partial charge on any atom is 0.243 e. The molecule has 0 bridgehead atoms. The van der Waals surface area contributed by atoms with E-state index in [0.717, 1.165) is 0 Å². The number of ether oxygens (including phenoxy) is 1. The summed E-state index contributed by atoms with van der Waals surface area (Å²) in [5, 5.41) is 8.98. The van der Waals surface area contributed by atoms with Crippen LogP contribution in [-0.2, 0) is 10.0 Å². The van der Waals surface area contributed by atoms with Crippen LogP contribution in [-0.4, -0.2) is 43.6 Å². The van der Waals surface area contributed by atoms with E-state index < -0.39 is 10.0 Å². The molecule has 1 N–H and O–H groups in total. The summed E-state index contributed by atoms with van der Waals surface area (Å²) in [6.45, 7) is 5.85. The molecule has 0 amide bonds. The summed E-state index contributed by atoms with van der Waals surface area (Å²) < 4.78 is 31.4. The van der Waals surface area contributed by atoms with Crippen LogP contribution in [0.25, 0.3) is 0 Å². The molecule has 0 aliphatic heterocycles. The number of hydrogen-bond donors (Lipinski definition) is 1. The Hall–Kier alpha value is -1.11. The fraction of sp³-hybridized carbons (Fsp3) is 0.538. The van der Waals surface area contributed by atoms with Crippen molar-refractivity contribution in [2.75, 3.05) is 19.8 Å². The molecule has 0 aliphatic carbocycles. The van der Waals surface area contributed by atoms with Crippen LogP contribution in [0, 0.1) is 0 Å². The van der Waals surface area contributed by atoms with Crippen LogP contribution >= 0.6 is 0 Å². The highest BCUT2D eigenvalue weighted by atomic mass is 32.2. The third kappa shape index (κ3) is 3.92. The van der Waals surface area contributed by atoms with Crippen LogP contribution < -0.4 is 4.74 Å². The maximum atomic E-state index is 12.4. The van der Waals surface area contributed by atoms with Gasteiger partial charge in [0.25, 0.3) is 0 Å². The molecular formula is C13H21NO4S. The number of nitrogens with zero attached hydrogens (tertiary/aromatic N) is 1. The largest absolute Gasteiger partial charge is 0.494 e.